The van der Waals surface area contributed by atoms with Crippen molar-refractivity contribution in [2.45, 2.75) is 0 Å². The van der Waals surface area contributed by atoms with Crippen LogP contribution in [0.1, 0.15) is 0 Å². The van der Waals surface area contributed by atoms with E-state index in [2.05, 4.69) is 4.98 Å². The Labute approximate surface area is 90.5 Å². The van der Waals surface area contributed by atoms with Crippen LogP contribution in [0, 0.1) is 0 Å². The van der Waals surface area contributed by atoms with E-state index < -0.39 is 0 Å². The molecule has 0 atom stereocenters. The second-order valence-corrected chi connectivity index (χ2v) is 4.11. The number of nitrogens with zero attached hydrogens (tertiary/aromatic N) is 1. The first-order valence-electron chi connectivity index (χ1n) is 4.53. The van der Waals surface area contributed by atoms with E-state index in [0.29, 0.717) is 5.13 Å². The molecule has 0 radical (unpaired) electrons. The molecule has 0 bridgehead atoms. The molecular formula is C11H8N2OS. The van der Waals surface area contributed by atoms with Crippen LogP contribution in [-0.4, -0.2) is 4.98 Å². The molecule has 0 aromatic carbocycles. The molecule has 0 saturated carbocycles. The fourth-order valence-electron chi connectivity index (χ4n) is 1.50. The number of nitrogens with two attached hydrogens (primary N) is 1. The average molecular weight is 216 g/mol. The smallest absolute Gasteiger partial charge is 0.180 e. The minimum absolute atomic E-state index is 0.558. The largest absolute Gasteiger partial charge is 0.454 e. The van der Waals surface area contributed by atoms with Gasteiger partial charge in [0.05, 0.1) is 0 Å². The van der Waals surface area contributed by atoms with Crippen LogP contribution in [0.5, 0.6) is 0 Å². The zero-order chi connectivity index (χ0) is 10.3. The van der Waals surface area contributed by atoms with Crippen LogP contribution in [-0.2, 0) is 0 Å². The maximum Gasteiger partial charge on any atom is 0.180 e. The van der Waals surface area contributed by atoms with Crippen molar-refractivity contribution < 1.29 is 4.42 Å². The Bertz CT molecular complexity index is 570. The van der Waals surface area contributed by atoms with E-state index >= 15 is 0 Å². The Kier molecular flexibility index (Phi) is 1.76. The summed E-state index contributed by atoms with van der Waals surface area (Å²) in [5.41, 5.74) is 7.47. The number of rotatable bonds is 1. The summed E-state index contributed by atoms with van der Waals surface area (Å²) in [5, 5.41) is 2.45. The molecule has 1 aliphatic carbocycles. The number of thiazole rings is 1. The summed E-state index contributed by atoms with van der Waals surface area (Å²) in [4.78, 5) is 4.17. The first-order valence-corrected chi connectivity index (χ1v) is 5.41. The number of hydrogen-bond acceptors (Lipinski definition) is 4. The first kappa shape index (κ1) is 8.49. The maximum atomic E-state index is 5.69. The monoisotopic (exact) mass is 216 g/mol. The quantitative estimate of drug-likeness (QED) is 0.680. The summed E-state index contributed by atoms with van der Waals surface area (Å²) >= 11 is 1.41. The molecule has 0 unspecified atom stereocenters. The maximum absolute atomic E-state index is 5.69. The molecule has 2 heterocycles. The molecule has 3 nitrogen and oxygen atoms in total. The lowest BCUT2D eigenvalue weighted by Gasteiger charge is -2.00. The summed E-state index contributed by atoms with van der Waals surface area (Å²) in [6, 6.07) is 9.85. The van der Waals surface area contributed by atoms with Crippen LogP contribution in [0.3, 0.4) is 0 Å². The van der Waals surface area contributed by atoms with Gasteiger partial charge in [0.1, 0.15) is 11.5 Å². The third-order valence-electron chi connectivity index (χ3n) is 2.22. The van der Waals surface area contributed by atoms with Gasteiger partial charge in [0.25, 0.3) is 0 Å². The van der Waals surface area contributed by atoms with Crippen LogP contribution in [0.15, 0.2) is 40.1 Å². The highest BCUT2D eigenvalue weighted by atomic mass is 32.1. The summed E-state index contributed by atoms with van der Waals surface area (Å²) < 4.78 is 5.69. The number of hydrogen-bond donors (Lipinski definition) is 1. The van der Waals surface area contributed by atoms with Gasteiger partial charge in [-0.3, -0.25) is 0 Å². The van der Waals surface area contributed by atoms with E-state index in [-0.39, 0.29) is 0 Å². The van der Waals surface area contributed by atoms with Gasteiger partial charge in [-0.1, -0.05) is 12.1 Å². The molecule has 0 amide bonds. The van der Waals surface area contributed by atoms with Gasteiger partial charge in [-0.05, 0) is 18.2 Å². The van der Waals surface area contributed by atoms with Gasteiger partial charge in [-0.2, -0.15) is 0 Å². The zero-order valence-electron chi connectivity index (χ0n) is 7.81. The molecule has 15 heavy (non-hydrogen) atoms. The molecule has 0 saturated heterocycles. The van der Waals surface area contributed by atoms with Crippen LogP contribution in [0.4, 0.5) is 5.13 Å². The third kappa shape index (κ3) is 1.39. The Morgan fingerprint density at radius 2 is 2.07 bits per heavy atom. The number of nitrogen functional groups attached to an aromatic ring is 1. The van der Waals surface area contributed by atoms with Crippen molar-refractivity contribution in [3.05, 3.63) is 35.7 Å². The first-order chi connectivity index (χ1) is 7.33. The predicted octanol–water partition coefficient (Wildman–Crippen LogP) is 3.09. The average Bonchev–Trinajstić information content (AvgIpc) is 2.84. The highest BCUT2D eigenvalue weighted by molar-refractivity contribution is 7.13. The van der Waals surface area contributed by atoms with E-state index in [0.717, 1.165) is 22.8 Å². The van der Waals surface area contributed by atoms with Crippen molar-refractivity contribution in [2.24, 2.45) is 0 Å². The molecular weight excluding hydrogens is 208 g/mol. The minimum Gasteiger partial charge on any atom is -0.454 e. The predicted molar refractivity (Wildman–Crippen MR) is 60.9 cm³/mol. The van der Waals surface area contributed by atoms with E-state index in [1.54, 1.807) is 0 Å². The standard InChI is InChI=1S/C11H8N2OS/c12-11-13-8(6-15-11)10-5-4-7-2-1-3-9(7)14-10/h1-6H,(H2,12,13). The third-order valence-corrected chi connectivity index (χ3v) is 2.89. The van der Waals surface area contributed by atoms with Crippen molar-refractivity contribution in [1.82, 2.24) is 4.98 Å². The number of anilines is 1. The van der Waals surface area contributed by atoms with Crippen molar-refractivity contribution in [2.75, 3.05) is 5.73 Å². The molecule has 0 fully saturated rings. The van der Waals surface area contributed by atoms with Gasteiger partial charge < -0.3 is 10.2 Å². The van der Waals surface area contributed by atoms with Gasteiger partial charge in [-0.25, -0.2) is 4.98 Å². The van der Waals surface area contributed by atoms with Gasteiger partial charge in [0, 0.05) is 10.9 Å². The lowest BCUT2D eigenvalue weighted by atomic mass is 10.2. The molecule has 0 spiro atoms. The molecule has 1 aliphatic heterocycles. The Morgan fingerprint density at radius 3 is 2.87 bits per heavy atom. The number of fused-ring (bicyclic) bond motifs is 1. The molecule has 1 aromatic heterocycles. The highest BCUT2D eigenvalue weighted by Crippen LogP contribution is 2.30. The molecule has 2 aliphatic rings. The lowest BCUT2D eigenvalue weighted by molar-refractivity contribution is 0.581. The summed E-state index contributed by atoms with van der Waals surface area (Å²) in [6.45, 7) is 0. The van der Waals surface area contributed by atoms with E-state index in [1.165, 1.54) is 11.3 Å². The second-order valence-electron chi connectivity index (χ2n) is 3.22. The lowest BCUT2D eigenvalue weighted by Crippen LogP contribution is -1.83. The fourth-order valence-corrected chi connectivity index (χ4v) is 2.06. The van der Waals surface area contributed by atoms with Crippen molar-refractivity contribution in [3.63, 3.8) is 0 Å². The number of aromatic nitrogens is 1. The molecule has 3 rings (SSSR count). The topological polar surface area (TPSA) is 52.0 Å². The van der Waals surface area contributed by atoms with Crippen LogP contribution in [0.25, 0.3) is 22.8 Å². The Morgan fingerprint density at radius 1 is 1.13 bits per heavy atom. The SMILES string of the molecule is Nc1nc(-c2ccc3cccc-3o2)cs1. The van der Waals surface area contributed by atoms with Crippen molar-refractivity contribution >= 4 is 16.5 Å². The summed E-state index contributed by atoms with van der Waals surface area (Å²) in [6.07, 6.45) is 0. The Balaban J connectivity index is 2.16. The minimum atomic E-state index is 0.558. The van der Waals surface area contributed by atoms with Gasteiger partial charge in [0.15, 0.2) is 10.9 Å². The molecule has 74 valence electrons. The van der Waals surface area contributed by atoms with Gasteiger partial charge in [-0.15, -0.1) is 11.3 Å². The van der Waals surface area contributed by atoms with Gasteiger partial charge >= 0.3 is 0 Å². The summed E-state index contributed by atoms with van der Waals surface area (Å²) in [5.74, 6) is 1.63. The fraction of sp³-hybridized carbons (Fsp3) is 0. The van der Waals surface area contributed by atoms with Gasteiger partial charge in [0.2, 0.25) is 0 Å². The second kappa shape index (κ2) is 3.10. The normalized spacial score (nSPS) is 10.9. The van der Waals surface area contributed by atoms with Crippen molar-refractivity contribution in [1.29, 1.82) is 0 Å². The van der Waals surface area contributed by atoms with Crippen molar-refractivity contribution in [3.8, 4) is 22.8 Å². The molecule has 1 aromatic rings. The zero-order valence-corrected chi connectivity index (χ0v) is 8.62. The highest BCUT2D eigenvalue weighted by Gasteiger charge is 2.09. The van der Waals surface area contributed by atoms with Crippen LogP contribution >= 0.6 is 11.3 Å². The molecule has 4 heteroatoms. The summed E-state index contributed by atoms with van der Waals surface area (Å²) in [7, 11) is 0. The Hall–Kier alpha value is -1.81. The van der Waals surface area contributed by atoms with E-state index in [9.17, 15) is 0 Å². The van der Waals surface area contributed by atoms with Crippen LogP contribution < -0.4 is 5.73 Å². The molecule has 2 N–H and O–H groups in total. The van der Waals surface area contributed by atoms with E-state index in [1.807, 2.05) is 35.7 Å². The van der Waals surface area contributed by atoms with Crippen LogP contribution in [0.2, 0.25) is 0 Å². The van der Waals surface area contributed by atoms with E-state index in [4.69, 9.17) is 10.2 Å².